The van der Waals surface area contributed by atoms with Crippen molar-refractivity contribution >= 4 is 29.8 Å². The van der Waals surface area contributed by atoms with Crippen molar-refractivity contribution in [1.29, 1.82) is 0 Å². The molecule has 19 nitrogen and oxygen atoms in total. The summed E-state index contributed by atoms with van der Waals surface area (Å²) >= 11 is 0. The Balaban J connectivity index is 1.84. The fraction of sp³-hybridized carbons (Fsp3) is 0.500. The molecule has 7 unspecified atom stereocenters. The molecule has 1 aromatic heterocycles. The highest BCUT2D eigenvalue weighted by molar-refractivity contribution is 5.88. The first kappa shape index (κ1) is 64.9. The number of benzene rings is 3. The summed E-state index contributed by atoms with van der Waals surface area (Å²) < 4.78 is 33.3. The summed E-state index contributed by atoms with van der Waals surface area (Å²) in [5, 5.41) is 24.5. The van der Waals surface area contributed by atoms with E-state index in [2.05, 4.69) is 38.3 Å². The third-order valence-corrected chi connectivity index (χ3v) is 12.8. The predicted molar refractivity (Wildman–Crippen MR) is 301 cm³/mol. The van der Waals surface area contributed by atoms with Crippen molar-refractivity contribution in [2.24, 2.45) is 22.7 Å². The van der Waals surface area contributed by atoms with E-state index in [4.69, 9.17) is 28.4 Å². The SMILES string of the molecule is C=CC(C(=O)NC(Cc1ccccc1)C(=O)OC(CN(Cc1ccc(-c2ccccn2)cc1)NC(=O)C(NC(=O)OC)C(C)(C)C)C(Cc1ccccc1)NC(=O)C(NC(O)OCCOCCOCCOC)C(C)(C)C)C(C)C. The van der Waals surface area contributed by atoms with E-state index in [9.17, 15) is 19.5 Å². The molecule has 79 heavy (non-hydrogen) atoms. The van der Waals surface area contributed by atoms with Crippen molar-refractivity contribution in [3.8, 4) is 11.3 Å². The molecule has 0 spiro atoms. The molecular weight excluding hydrogens is 1010 g/mol. The maximum Gasteiger partial charge on any atom is 0.407 e. The summed E-state index contributed by atoms with van der Waals surface area (Å²) in [6, 6.07) is 27.2. The number of nitrogens with one attached hydrogen (secondary N) is 5. The van der Waals surface area contributed by atoms with Gasteiger partial charge in [-0.15, -0.1) is 6.58 Å². The van der Waals surface area contributed by atoms with E-state index in [1.807, 2.05) is 138 Å². The van der Waals surface area contributed by atoms with Gasteiger partial charge < -0.3 is 49.5 Å². The Morgan fingerprint density at radius 2 is 1.25 bits per heavy atom. The quantitative estimate of drug-likeness (QED) is 0.0103. The van der Waals surface area contributed by atoms with E-state index >= 15 is 9.59 Å². The van der Waals surface area contributed by atoms with Crippen LogP contribution in [0.15, 0.2) is 122 Å². The first-order chi connectivity index (χ1) is 37.6. The number of rotatable bonds is 33. The lowest BCUT2D eigenvalue weighted by molar-refractivity contribution is -0.159. The van der Waals surface area contributed by atoms with Gasteiger partial charge in [0.1, 0.15) is 18.2 Å². The molecule has 0 aliphatic heterocycles. The van der Waals surface area contributed by atoms with Crippen LogP contribution in [0.25, 0.3) is 11.3 Å². The molecule has 1 heterocycles. The number of aliphatic hydroxyl groups excluding tert-OH is 1. The molecule has 0 aliphatic carbocycles. The minimum atomic E-state index is -1.60. The van der Waals surface area contributed by atoms with Crippen molar-refractivity contribution in [3.05, 3.63) is 139 Å². The van der Waals surface area contributed by atoms with Crippen LogP contribution in [0.2, 0.25) is 0 Å². The van der Waals surface area contributed by atoms with Gasteiger partial charge in [0.25, 0.3) is 5.91 Å². The molecule has 0 saturated heterocycles. The third-order valence-electron chi connectivity index (χ3n) is 12.8. The predicted octanol–water partition coefficient (Wildman–Crippen LogP) is 6.15. The number of amides is 4. The third kappa shape index (κ3) is 23.0. The number of carbonyl (C=O) groups is 5. The highest BCUT2D eigenvalue weighted by Crippen LogP contribution is 2.24. The molecule has 0 radical (unpaired) electrons. The summed E-state index contributed by atoms with van der Waals surface area (Å²) in [6.45, 7) is 19.9. The average molecular weight is 1100 g/mol. The van der Waals surface area contributed by atoms with E-state index in [1.54, 1.807) is 45.2 Å². The van der Waals surface area contributed by atoms with Crippen molar-refractivity contribution in [3.63, 3.8) is 0 Å². The number of esters is 1. The molecule has 0 fully saturated rings. The molecule has 19 heteroatoms. The summed E-state index contributed by atoms with van der Waals surface area (Å²) in [5.74, 6) is -3.22. The van der Waals surface area contributed by atoms with Crippen LogP contribution < -0.4 is 26.7 Å². The van der Waals surface area contributed by atoms with Crippen LogP contribution in [0, 0.1) is 22.7 Å². The van der Waals surface area contributed by atoms with Gasteiger partial charge in [0.15, 0.2) is 0 Å². The van der Waals surface area contributed by atoms with Crippen molar-refractivity contribution in [2.75, 3.05) is 60.4 Å². The number of carbonyl (C=O) groups excluding carboxylic acids is 5. The smallest absolute Gasteiger partial charge is 0.407 e. The molecule has 0 aliphatic rings. The molecule has 432 valence electrons. The molecular formula is C60H85N7O12. The monoisotopic (exact) mass is 1100 g/mol. The summed E-state index contributed by atoms with van der Waals surface area (Å²) in [5.41, 5.74) is 5.18. The normalized spacial score (nSPS) is 14.4. The van der Waals surface area contributed by atoms with Gasteiger partial charge >= 0.3 is 12.1 Å². The lowest BCUT2D eigenvalue weighted by atomic mass is 9.85. The number of pyridine rings is 1. The Morgan fingerprint density at radius 1 is 0.671 bits per heavy atom. The van der Waals surface area contributed by atoms with Gasteiger partial charge in [0.2, 0.25) is 18.2 Å². The van der Waals surface area contributed by atoms with Crippen LogP contribution >= 0.6 is 0 Å². The van der Waals surface area contributed by atoms with E-state index in [1.165, 1.54) is 7.11 Å². The zero-order chi connectivity index (χ0) is 58.0. The molecule has 4 amide bonds. The second-order valence-electron chi connectivity index (χ2n) is 21.6. The Morgan fingerprint density at radius 3 is 1.80 bits per heavy atom. The molecule has 0 bridgehead atoms. The lowest BCUT2D eigenvalue weighted by Crippen LogP contribution is -2.62. The van der Waals surface area contributed by atoms with Gasteiger partial charge in [-0.25, -0.2) is 14.6 Å². The molecule has 3 aromatic carbocycles. The van der Waals surface area contributed by atoms with Gasteiger partial charge in [-0.3, -0.25) is 30.1 Å². The summed E-state index contributed by atoms with van der Waals surface area (Å²) in [7, 11) is 2.79. The first-order valence-electron chi connectivity index (χ1n) is 26.8. The van der Waals surface area contributed by atoms with Crippen LogP contribution in [0.3, 0.4) is 0 Å². The van der Waals surface area contributed by atoms with Crippen molar-refractivity contribution in [1.82, 2.24) is 36.7 Å². The van der Waals surface area contributed by atoms with Gasteiger partial charge in [-0.2, -0.15) is 0 Å². The van der Waals surface area contributed by atoms with E-state index in [0.717, 1.165) is 27.9 Å². The number of hydrogen-bond donors (Lipinski definition) is 6. The second kappa shape index (κ2) is 33.1. The minimum absolute atomic E-state index is 0.0105. The number of hydrazine groups is 1. The largest absolute Gasteiger partial charge is 0.457 e. The molecule has 6 N–H and O–H groups in total. The zero-order valence-corrected chi connectivity index (χ0v) is 47.7. The van der Waals surface area contributed by atoms with Gasteiger partial charge in [-0.1, -0.05) is 152 Å². The second-order valence-corrected chi connectivity index (χ2v) is 21.6. The topological polar surface area (TPSA) is 237 Å². The molecule has 4 rings (SSSR count). The van der Waals surface area contributed by atoms with Crippen LogP contribution in [0.5, 0.6) is 0 Å². The van der Waals surface area contributed by atoms with Gasteiger partial charge in [0, 0.05) is 31.8 Å². The molecule has 0 saturated carbocycles. The Bertz CT molecular complexity index is 2460. The highest BCUT2D eigenvalue weighted by atomic mass is 16.6. The maximum absolute atomic E-state index is 15.2. The average Bonchev–Trinajstić information content (AvgIpc) is 3.41. The number of hydrogen-bond acceptors (Lipinski definition) is 15. The Kier molecular flexibility index (Phi) is 27.2. The standard InChI is InChI=1S/C60H85N7O12/c1-12-46(41(2)3)53(68)63-49(38-43-23-17-14-18-24-43)56(71)79-50(40-67(66-55(70)52(60(7,8)9)64-57(72)75-11)39-44-26-28-45(29-27-44)47-25-19-20-30-61-47)48(37-42-21-15-13-16-22-42)62-54(69)51(59(4,5)6)65-58(73)78-36-35-77-34-33-76-32-31-74-10/h12-30,41,46,48-52,58,65,73H,1,31-40H2,2-11H3,(H,62,69)(H,63,68)(H,64,72)(H,66,70). The molecule has 7 atom stereocenters. The number of methoxy groups -OCH3 is 2. The fourth-order valence-electron chi connectivity index (χ4n) is 8.45. The number of nitrogens with zero attached hydrogens (tertiary/aromatic N) is 2. The maximum atomic E-state index is 15.2. The zero-order valence-electron chi connectivity index (χ0n) is 47.7. The van der Waals surface area contributed by atoms with Crippen LogP contribution in [-0.4, -0.2) is 142 Å². The van der Waals surface area contributed by atoms with Crippen LogP contribution in [0.1, 0.15) is 72.1 Å². The number of aliphatic hydroxyl groups is 1. The highest BCUT2D eigenvalue weighted by Gasteiger charge is 2.40. The van der Waals surface area contributed by atoms with Crippen LogP contribution in [0.4, 0.5) is 4.79 Å². The molecule has 4 aromatic rings. The number of aromatic nitrogens is 1. The number of alkyl carbamates (subject to hydrolysis) is 1. The fourth-order valence-corrected chi connectivity index (χ4v) is 8.45. The number of ether oxygens (including phenoxy) is 6. The van der Waals surface area contributed by atoms with Crippen molar-refractivity contribution in [2.45, 2.75) is 111 Å². The van der Waals surface area contributed by atoms with Gasteiger partial charge in [-0.05, 0) is 52.0 Å². The van der Waals surface area contributed by atoms with Gasteiger partial charge in [0.05, 0.1) is 77.0 Å². The summed E-state index contributed by atoms with van der Waals surface area (Å²) in [6.07, 6.45) is -0.321. The lowest BCUT2D eigenvalue weighted by Gasteiger charge is -2.38. The first-order valence-corrected chi connectivity index (χ1v) is 26.8. The van der Waals surface area contributed by atoms with Crippen molar-refractivity contribution < 1.29 is 57.5 Å². The van der Waals surface area contributed by atoms with Crippen LogP contribution in [-0.2, 0) is 67.0 Å². The summed E-state index contributed by atoms with van der Waals surface area (Å²) in [4.78, 5) is 76.1. The van der Waals surface area contributed by atoms with E-state index in [-0.39, 0.29) is 45.1 Å². The Hall–Kier alpha value is -6.58. The van der Waals surface area contributed by atoms with E-state index in [0.29, 0.717) is 26.4 Å². The Labute approximate surface area is 466 Å². The minimum Gasteiger partial charge on any atom is -0.457 e. The van der Waals surface area contributed by atoms with E-state index < -0.39 is 83.2 Å².